The zero-order valence-electron chi connectivity index (χ0n) is 15.2. The number of carbonyl (C=O) groups is 3. The molecule has 1 atom stereocenters. The number of ether oxygens (including phenoxy) is 1. The zero-order chi connectivity index (χ0) is 19.1. The average molecular weight is 353 g/mol. The molecular weight excluding hydrogens is 330 g/mol. The van der Waals surface area contributed by atoms with Gasteiger partial charge in [0.25, 0.3) is 5.91 Å². The number of carbonyl (C=O) groups excluding carboxylic acids is 3. The van der Waals surface area contributed by atoms with Gasteiger partial charge in [-0.15, -0.1) is 0 Å². The van der Waals surface area contributed by atoms with Crippen LogP contribution in [0.4, 0.5) is 5.69 Å². The third kappa shape index (κ3) is 5.55. The Balaban J connectivity index is 1.82. The quantitative estimate of drug-likeness (QED) is 0.606. The van der Waals surface area contributed by atoms with E-state index in [2.05, 4.69) is 5.32 Å². The maximum absolute atomic E-state index is 12.2. The molecule has 0 saturated heterocycles. The molecule has 2 aromatic carbocycles. The van der Waals surface area contributed by atoms with Gasteiger partial charge in [-0.05, 0) is 32.4 Å². The van der Waals surface area contributed by atoms with E-state index in [1.807, 2.05) is 38.1 Å². The fourth-order valence-electron chi connectivity index (χ4n) is 2.48. The van der Waals surface area contributed by atoms with Crippen molar-refractivity contribution in [3.05, 3.63) is 65.2 Å². The van der Waals surface area contributed by atoms with Gasteiger partial charge in [-0.25, -0.2) is 0 Å². The third-order valence-electron chi connectivity index (χ3n) is 3.97. The smallest absolute Gasteiger partial charge is 0.307 e. The second-order valence-electron chi connectivity index (χ2n) is 6.23. The third-order valence-corrected chi connectivity index (χ3v) is 3.97. The zero-order valence-corrected chi connectivity index (χ0v) is 15.2. The van der Waals surface area contributed by atoms with Gasteiger partial charge in [0.1, 0.15) is 0 Å². The summed E-state index contributed by atoms with van der Waals surface area (Å²) in [5, 5.41) is 2.75. The highest BCUT2D eigenvalue weighted by Crippen LogP contribution is 2.16. The van der Waals surface area contributed by atoms with Crippen LogP contribution in [-0.4, -0.2) is 23.8 Å². The Morgan fingerprint density at radius 2 is 1.69 bits per heavy atom. The summed E-state index contributed by atoms with van der Waals surface area (Å²) in [6.07, 6.45) is -0.946. The molecule has 0 fully saturated rings. The number of hydrogen-bond donors (Lipinski definition) is 1. The molecule has 0 saturated carbocycles. The number of nitrogens with one attached hydrogen (secondary N) is 1. The van der Waals surface area contributed by atoms with Crippen molar-refractivity contribution in [1.29, 1.82) is 0 Å². The highest BCUT2D eigenvalue weighted by atomic mass is 16.5. The van der Waals surface area contributed by atoms with Crippen LogP contribution in [0.25, 0.3) is 0 Å². The molecule has 0 aliphatic rings. The molecular formula is C21H23NO4. The summed E-state index contributed by atoms with van der Waals surface area (Å²) >= 11 is 0. The van der Waals surface area contributed by atoms with Crippen LogP contribution in [0.3, 0.4) is 0 Å². The lowest BCUT2D eigenvalue weighted by Crippen LogP contribution is -2.30. The van der Waals surface area contributed by atoms with Gasteiger partial charge < -0.3 is 10.1 Å². The van der Waals surface area contributed by atoms with Gasteiger partial charge in [-0.2, -0.15) is 0 Å². The van der Waals surface area contributed by atoms with Crippen molar-refractivity contribution in [1.82, 2.24) is 0 Å². The summed E-state index contributed by atoms with van der Waals surface area (Å²) in [6.45, 7) is 5.38. The standard InChI is InChI=1S/C21H23NO4/c1-14-9-10-18(15(2)13-14)22-21(25)16(3)26-20(24)12-11-19(23)17-7-5-4-6-8-17/h4-10,13,16H,11-12H2,1-3H3,(H,22,25)/t16-/m0/s1. The van der Waals surface area contributed by atoms with E-state index < -0.39 is 18.0 Å². The van der Waals surface area contributed by atoms with Crippen molar-refractivity contribution in [2.24, 2.45) is 0 Å². The first-order valence-corrected chi connectivity index (χ1v) is 8.52. The number of benzene rings is 2. The van der Waals surface area contributed by atoms with E-state index in [0.717, 1.165) is 11.1 Å². The van der Waals surface area contributed by atoms with Crippen LogP contribution in [0.1, 0.15) is 41.3 Å². The number of Topliss-reactive ketones (excluding diaryl/α,β-unsaturated/α-hetero) is 1. The Morgan fingerprint density at radius 1 is 1.00 bits per heavy atom. The van der Waals surface area contributed by atoms with Gasteiger partial charge in [0.05, 0.1) is 6.42 Å². The van der Waals surface area contributed by atoms with Crippen molar-refractivity contribution < 1.29 is 19.1 Å². The maximum atomic E-state index is 12.2. The maximum Gasteiger partial charge on any atom is 0.307 e. The van der Waals surface area contributed by atoms with E-state index in [4.69, 9.17) is 4.74 Å². The van der Waals surface area contributed by atoms with Gasteiger partial charge in [0.15, 0.2) is 11.9 Å². The molecule has 1 N–H and O–H groups in total. The summed E-state index contributed by atoms with van der Waals surface area (Å²) in [6, 6.07) is 14.4. The highest BCUT2D eigenvalue weighted by molar-refractivity contribution is 5.98. The molecule has 0 heterocycles. The van der Waals surface area contributed by atoms with Gasteiger partial charge in [-0.1, -0.05) is 48.0 Å². The van der Waals surface area contributed by atoms with Crippen molar-refractivity contribution in [3.63, 3.8) is 0 Å². The molecule has 0 unspecified atom stereocenters. The predicted octanol–water partition coefficient (Wildman–Crippen LogP) is 3.84. The van der Waals surface area contributed by atoms with Gasteiger partial charge >= 0.3 is 5.97 Å². The minimum absolute atomic E-state index is 0.0499. The monoisotopic (exact) mass is 353 g/mol. The van der Waals surface area contributed by atoms with Crippen molar-refractivity contribution in [3.8, 4) is 0 Å². The summed E-state index contributed by atoms with van der Waals surface area (Å²) in [5.41, 5.74) is 3.28. The lowest BCUT2D eigenvalue weighted by molar-refractivity contribution is -0.153. The lowest BCUT2D eigenvalue weighted by atomic mass is 10.1. The topological polar surface area (TPSA) is 72.5 Å². The first-order chi connectivity index (χ1) is 12.4. The molecule has 2 aromatic rings. The largest absolute Gasteiger partial charge is 0.453 e. The Labute approximate surface area is 153 Å². The van der Waals surface area contributed by atoms with E-state index in [1.165, 1.54) is 6.92 Å². The van der Waals surface area contributed by atoms with Crippen molar-refractivity contribution >= 4 is 23.3 Å². The van der Waals surface area contributed by atoms with Gasteiger partial charge in [-0.3, -0.25) is 14.4 Å². The van der Waals surface area contributed by atoms with Crippen molar-refractivity contribution in [2.75, 3.05) is 5.32 Å². The fraction of sp³-hybridized carbons (Fsp3) is 0.286. The molecule has 0 spiro atoms. The highest BCUT2D eigenvalue weighted by Gasteiger charge is 2.19. The number of ketones is 1. The lowest BCUT2D eigenvalue weighted by Gasteiger charge is -2.15. The Morgan fingerprint density at radius 3 is 2.35 bits per heavy atom. The summed E-state index contributed by atoms with van der Waals surface area (Å²) in [4.78, 5) is 36.1. The number of rotatable bonds is 7. The summed E-state index contributed by atoms with van der Waals surface area (Å²) in [5.74, 6) is -1.10. The molecule has 5 nitrogen and oxygen atoms in total. The first kappa shape index (κ1) is 19.4. The van der Waals surface area contributed by atoms with E-state index in [0.29, 0.717) is 11.3 Å². The van der Waals surface area contributed by atoms with E-state index in [-0.39, 0.29) is 18.6 Å². The number of hydrogen-bond acceptors (Lipinski definition) is 4. The fourth-order valence-corrected chi connectivity index (χ4v) is 2.48. The number of esters is 1. The molecule has 0 aliphatic carbocycles. The second-order valence-corrected chi connectivity index (χ2v) is 6.23. The molecule has 0 aliphatic heterocycles. The Kier molecular flexibility index (Phi) is 6.67. The van der Waals surface area contributed by atoms with Crippen LogP contribution < -0.4 is 5.32 Å². The first-order valence-electron chi connectivity index (χ1n) is 8.52. The number of amides is 1. The van der Waals surface area contributed by atoms with Gasteiger partial charge in [0.2, 0.25) is 0 Å². The Bertz CT molecular complexity index is 799. The molecule has 0 bridgehead atoms. The summed E-state index contributed by atoms with van der Waals surface area (Å²) in [7, 11) is 0. The van der Waals surface area contributed by atoms with Crippen LogP contribution in [0, 0.1) is 13.8 Å². The van der Waals surface area contributed by atoms with E-state index >= 15 is 0 Å². The van der Waals surface area contributed by atoms with Gasteiger partial charge in [0, 0.05) is 17.7 Å². The predicted molar refractivity (Wildman–Crippen MR) is 100 cm³/mol. The molecule has 2 rings (SSSR count). The van der Waals surface area contributed by atoms with E-state index in [9.17, 15) is 14.4 Å². The molecule has 5 heteroatoms. The average Bonchev–Trinajstić information content (AvgIpc) is 2.62. The van der Waals surface area contributed by atoms with Crippen molar-refractivity contribution in [2.45, 2.75) is 39.7 Å². The number of anilines is 1. The van der Waals surface area contributed by atoms with Crippen LogP contribution in [0.2, 0.25) is 0 Å². The molecule has 0 radical (unpaired) electrons. The minimum atomic E-state index is -0.935. The minimum Gasteiger partial charge on any atom is -0.453 e. The van der Waals surface area contributed by atoms with Crippen LogP contribution in [0.15, 0.2) is 48.5 Å². The second kappa shape index (κ2) is 8.94. The normalized spacial score (nSPS) is 11.5. The molecule has 136 valence electrons. The Hall–Kier alpha value is -2.95. The molecule has 1 amide bonds. The van der Waals surface area contributed by atoms with Crippen LogP contribution in [0.5, 0.6) is 0 Å². The van der Waals surface area contributed by atoms with E-state index in [1.54, 1.807) is 24.3 Å². The SMILES string of the molecule is Cc1ccc(NC(=O)[C@H](C)OC(=O)CCC(=O)c2ccccc2)c(C)c1. The molecule has 26 heavy (non-hydrogen) atoms. The number of aryl methyl sites for hydroxylation is 2. The van der Waals surface area contributed by atoms with Crippen LogP contribution >= 0.6 is 0 Å². The molecule has 0 aromatic heterocycles. The summed E-state index contributed by atoms with van der Waals surface area (Å²) < 4.78 is 5.13. The van der Waals surface area contributed by atoms with Crippen LogP contribution in [-0.2, 0) is 14.3 Å².